The van der Waals surface area contributed by atoms with E-state index in [2.05, 4.69) is 12.8 Å². The van der Waals surface area contributed by atoms with Crippen LogP contribution in [0.15, 0.2) is 0 Å². The standard InChI is InChI=1S/C12H19NO2/c1-4-7-13(8-5-2)12(14)11-10(3)6-9-15-11/h1,10-11H,5-9H2,2-3H3. The minimum absolute atomic E-state index is 0.0554. The predicted octanol–water partition coefficient (Wildman–Crippen LogP) is 1.28. The first-order valence-corrected chi connectivity index (χ1v) is 5.54. The molecule has 0 N–H and O–H groups in total. The number of carbonyl (C=O) groups excluding carboxylic acids is 1. The van der Waals surface area contributed by atoms with E-state index >= 15 is 0 Å². The van der Waals surface area contributed by atoms with E-state index in [1.54, 1.807) is 4.90 Å². The zero-order valence-electron chi connectivity index (χ0n) is 9.53. The molecule has 3 heteroatoms. The topological polar surface area (TPSA) is 29.5 Å². The molecule has 2 unspecified atom stereocenters. The molecule has 1 saturated heterocycles. The summed E-state index contributed by atoms with van der Waals surface area (Å²) < 4.78 is 5.44. The number of nitrogens with zero attached hydrogens (tertiary/aromatic N) is 1. The maximum absolute atomic E-state index is 12.0. The summed E-state index contributed by atoms with van der Waals surface area (Å²) in [5.74, 6) is 2.89. The number of hydrogen-bond donors (Lipinski definition) is 0. The molecule has 1 amide bonds. The molecule has 3 nitrogen and oxygen atoms in total. The monoisotopic (exact) mass is 209 g/mol. The van der Waals surface area contributed by atoms with Crippen molar-refractivity contribution in [2.75, 3.05) is 19.7 Å². The molecule has 0 bridgehead atoms. The summed E-state index contributed by atoms with van der Waals surface area (Å²) in [5.41, 5.74) is 0. The SMILES string of the molecule is C#CCN(CCC)C(=O)C1OCCC1C. The lowest BCUT2D eigenvalue weighted by molar-refractivity contribution is -0.141. The van der Waals surface area contributed by atoms with E-state index in [1.807, 2.05) is 6.92 Å². The fourth-order valence-corrected chi connectivity index (χ4v) is 1.84. The molecule has 1 rings (SSSR count). The molecule has 2 atom stereocenters. The van der Waals surface area contributed by atoms with E-state index in [0.29, 0.717) is 19.1 Å². The third kappa shape index (κ3) is 2.97. The van der Waals surface area contributed by atoms with Gasteiger partial charge in [-0.05, 0) is 18.8 Å². The number of amides is 1. The first kappa shape index (κ1) is 12.1. The van der Waals surface area contributed by atoms with E-state index in [-0.39, 0.29) is 12.0 Å². The molecule has 0 aromatic carbocycles. The third-order valence-electron chi connectivity index (χ3n) is 2.72. The molecular weight excluding hydrogens is 190 g/mol. The average molecular weight is 209 g/mol. The maximum atomic E-state index is 12.0. The van der Waals surface area contributed by atoms with Crippen LogP contribution >= 0.6 is 0 Å². The molecule has 0 spiro atoms. The van der Waals surface area contributed by atoms with Crippen molar-refractivity contribution in [2.24, 2.45) is 5.92 Å². The quantitative estimate of drug-likeness (QED) is 0.653. The summed E-state index contributed by atoms with van der Waals surface area (Å²) in [7, 11) is 0. The van der Waals surface area contributed by atoms with Gasteiger partial charge in [0.2, 0.25) is 0 Å². The molecule has 0 radical (unpaired) electrons. The van der Waals surface area contributed by atoms with Crippen molar-refractivity contribution < 1.29 is 9.53 Å². The second-order valence-electron chi connectivity index (χ2n) is 4.02. The van der Waals surface area contributed by atoms with Gasteiger partial charge in [-0.15, -0.1) is 6.42 Å². The first-order valence-electron chi connectivity index (χ1n) is 5.54. The number of terminal acetylenes is 1. The molecule has 1 heterocycles. The van der Waals surface area contributed by atoms with Gasteiger partial charge in [0, 0.05) is 13.2 Å². The lowest BCUT2D eigenvalue weighted by Gasteiger charge is -2.24. The molecule has 0 aliphatic carbocycles. The van der Waals surface area contributed by atoms with Gasteiger partial charge < -0.3 is 9.64 Å². The van der Waals surface area contributed by atoms with Gasteiger partial charge in [-0.25, -0.2) is 0 Å². The number of ether oxygens (including phenoxy) is 1. The maximum Gasteiger partial charge on any atom is 0.252 e. The Balaban J connectivity index is 2.58. The summed E-state index contributed by atoms with van der Waals surface area (Å²) in [6.07, 6.45) is 6.86. The van der Waals surface area contributed by atoms with Crippen molar-refractivity contribution in [3.05, 3.63) is 0 Å². The Hall–Kier alpha value is -1.01. The van der Waals surface area contributed by atoms with Crippen molar-refractivity contribution in [2.45, 2.75) is 32.8 Å². The normalized spacial score (nSPS) is 24.9. The van der Waals surface area contributed by atoms with Gasteiger partial charge in [0.05, 0.1) is 6.54 Å². The average Bonchev–Trinajstić information content (AvgIpc) is 2.63. The number of rotatable bonds is 4. The van der Waals surface area contributed by atoms with Gasteiger partial charge in [0.25, 0.3) is 5.91 Å². The highest BCUT2D eigenvalue weighted by Crippen LogP contribution is 2.21. The largest absolute Gasteiger partial charge is 0.368 e. The predicted molar refractivity (Wildman–Crippen MR) is 59.2 cm³/mol. The summed E-state index contributed by atoms with van der Waals surface area (Å²) in [6.45, 7) is 5.88. The molecule has 0 aromatic heterocycles. The minimum atomic E-state index is -0.273. The molecule has 84 valence electrons. The van der Waals surface area contributed by atoms with Gasteiger partial charge in [-0.1, -0.05) is 19.8 Å². The van der Waals surface area contributed by atoms with E-state index in [4.69, 9.17) is 11.2 Å². The van der Waals surface area contributed by atoms with Crippen LogP contribution in [0, 0.1) is 18.3 Å². The van der Waals surface area contributed by atoms with E-state index in [9.17, 15) is 4.79 Å². The van der Waals surface area contributed by atoms with Crippen molar-refractivity contribution in [3.8, 4) is 12.3 Å². The van der Waals surface area contributed by atoms with Crippen LogP contribution in [0.1, 0.15) is 26.7 Å². The van der Waals surface area contributed by atoms with Crippen LogP contribution in [0.25, 0.3) is 0 Å². The summed E-state index contributed by atoms with van der Waals surface area (Å²) in [6, 6.07) is 0. The summed E-state index contributed by atoms with van der Waals surface area (Å²) in [4.78, 5) is 13.8. The Morgan fingerprint density at radius 1 is 1.67 bits per heavy atom. The highest BCUT2D eigenvalue weighted by atomic mass is 16.5. The second kappa shape index (κ2) is 5.77. The molecule has 15 heavy (non-hydrogen) atoms. The Labute approximate surface area is 91.8 Å². The van der Waals surface area contributed by atoms with Crippen molar-refractivity contribution >= 4 is 5.91 Å². The lowest BCUT2D eigenvalue weighted by Crippen LogP contribution is -2.41. The third-order valence-corrected chi connectivity index (χ3v) is 2.72. The fraction of sp³-hybridized carbons (Fsp3) is 0.750. The van der Waals surface area contributed by atoms with Gasteiger partial charge in [0.15, 0.2) is 0 Å². The van der Waals surface area contributed by atoms with Gasteiger partial charge in [-0.3, -0.25) is 4.79 Å². The highest BCUT2D eigenvalue weighted by molar-refractivity contribution is 5.81. The Morgan fingerprint density at radius 2 is 2.40 bits per heavy atom. The van der Waals surface area contributed by atoms with Gasteiger partial charge >= 0.3 is 0 Å². The van der Waals surface area contributed by atoms with Crippen LogP contribution in [-0.2, 0) is 9.53 Å². The minimum Gasteiger partial charge on any atom is -0.368 e. The zero-order valence-corrected chi connectivity index (χ0v) is 9.53. The molecule has 0 saturated carbocycles. The van der Waals surface area contributed by atoms with Crippen LogP contribution in [-0.4, -0.2) is 36.6 Å². The lowest BCUT2D eigenvalue weighted by atomic mass is 10.0. The first-order chi connectivity index (χ1) is 7.20. The van der Waals surface area contributed by atoms with Crippen LogP contribution in [0.4, 0.5) is 0 Å². The Morgan fingerprint density at radius 3 is 2.87 bits per heavy atom. The van der Waals surface area contributed by atoms with E-state index < -0.39 is 0 Å². The molecule has 0 aromatic rings. The smallest absolute Gasteiger partial charge is 0.252 e. The summed E-state index contributed by atoms with van der Waals surface area (Å²) in [5, 5.41) is 0. The number of hydrogen-bond acceptors (Lipinski definition) is 2. The van der Waals surface area contributed by atoms with Crippen LogP contribution in [0.2, 0.25) is 0 Å². The van der Waals surface area contributed by atoms with E-state index in [0.717, 1.165) is 19.4 Å². The Bertz CT molecular complexity index is 257. The second-order valence-corrected chi connectivity index (χ2v) is 4.02. The van der Waals surface area contributed by atoms with Crippen molar-refractivity contribution in [1.29, 1.82) is 0 Å². The Kier molecular flexibility index (Phi) is 4.64. The fourth-order valence-electron chi connectivity index (χ4n) is 1.84. The molecule has 1 fully saturated rings. The van der Waals surface area contributed by atoms with Crippen LogP contribution in [0.3, 0.4) is 0 Å². The van der Waals surface area contributed by atoms with Crippen LogP contribution in [0.5, 0.6) is 0 Å². The molecule has 1 aliphatic rings. The van der Waals surface area contributed by atoms with Crippen molar-refractivity contribution in [1.82, 2.24) is 4.90 Å². The van der Waals surface area contributed by atoms with Crippen molar-refractivity contribution in [3.63, 3.8) is 0 Å². The van der Waals surface area contributed by atoms with Gasteiger partial charge in [0.1, 0.15) is 6.10 Å². The molecule has 1 aliphatic heterocycles. The highest BCUT2D eigenvalue weighted by Gasteiger charge is 2.33. The zero-order chi connectivity index (χ0) is 11.3. The molecular formula is C12H19NO2. The summed E-state index contributed by atoms with van der Waals surface area (Å²) >= 11 is 0. The van der Waals surface area contributed by atoms with E-state index in [1.165, 1.54) is 0 Å². The number of carbonyl (C=O) groups is 1. The van der Waals surface area contributed by atoms with Gasteiger partial charge in [-0.2, -0.15) is 0 Å². The van der Waals surface area contributed by atoms with Crippen LogP contribution < -0.4 is 0 Å².